The van der Waals surface area contributed by atoms with Gasteiger partial charge < -0.3 is 16.4 Å². The summed E-state index contributed by atoms with van der Waals surface area (Å²) in [6.45, 7) is 0.310. The zero-order chi connectivity index (χ0) is 12.8. The molecule has 92 valence electrons. The lowest BCUT2D eigenvalue weighted by atomic mass is 10.2. The van der Waals surface area contributed by atoms with Crippen molar-refractivity contribution in [1.82, 2.24) is 5.32 Å². The van der Waals surface area contributed by atoms with Crippen LogP contribution in [0.2, 0.25) is 0 Å². The van der Waals surface area contributed by atoms with Crippen molar-refractivity contribution in [3.05, 3.63) is 28.3 Å². The number of anilines is 2. The molecular formula is C9H11ClN4O3. The maximum atomic E-state index is 11.3. The Balaban J connectivity index is 2.75. The zero-order valence-electron chi connectivity index (χ0n) is 8.77. The van der Waals surface area contributed by atoms with Gasteiger partial charge in [-0.05, 0) is 12.1 Å². The van der Waals surface area contributed by atoms with Gasteiger partial charge in [-0.2, -0.15) is 0 Å². The molecule has 0 atom stereocenters. The Hall–Kier alpha value is -2.02. The number of hydrogen-bond donors (Lipinski definition) is 3. The molecule has 1 aromatic rings. The van der Waals surface area contributed by atoms with Crippen LogP contribution in [0.25, 0.3) is 0 Å². The van der Waals surface area contributed by atoms with Crippen LogP contribution in [-0.2, 0) is 0 Å². The Morgan fingerprint density at radius 1 is 1.53 bits per heavy atom. The third kappa shape index (κ3) is 3.80. The molecule has 0 radical (unpaired) electrons. The number of nitrogens with one attached hydrogen (secondary N) is 2. The molecule has 0 heterocycles. The minimum absolute atomic E-state index is 0.0433. The number of urea groups is 1. The number of nitrogen functional groups attached to an aromatic ring is 1. The van der Waals surface area contributed by atoms with E-state index < -0.39 is 11.0 Å². The number of benzene rings is 1. The van der Waals surface area contributed by atoms with E-state index in [-0.39, 0.29) is 22.9 Å². The SMILES string of the molecule is Nc1ccc(NC(=O)NCCCl)cc1[N+](=O)[O-]. The zero-order valence-corrected chi connectivity index (χ0v) is 9.53. The Morgan fingerprint density at radius 3 is 2.82 bits per heavy atom. The van der Waals surface area contributed by atoms with E-state index in [2.05, 4.69) is 10.6 Å². The van der Waals surface area contributed by atoms with Gasteiger partial charge in [-0.3, -0.25) is 10.1 Å². The van der Waals surface area contributed by atoms with Crippen molar-refractivity contribution in [2.24, 2.45) is 0 Å². The molecule has 17 heavy (non-hydrogen) atoms. The molecule has 1 rings (SSSR count). The number of halogens is 1. The van der Waals surface area contributed by atoms with Crippen molar-refractivity contribution in [3.8, 4) is 0 Å². The van der Waals surface area contributed by atoms with E-state index >= 15 is 0 Å². The molecule has 1 aromatic carbocycles. The standard InChI is InChI=1S/C9H11ClN4O3/c10-3-4-12-9(15)13-6-1-2-7(11)8(5-6)14(16)17/h1-2,5H,3-4,11H2,(H2,12,13,15). The van der Waals surface area contributed by atoms with Crippen molar-refractivity contribution >= 4 is 34.7 Å². The smallest absolute Gasteiger partial charge is 0.319 e. The summed E-state index contributed by atoms with van der Waals surface area (Å²) in [4.78, 5) is 21.3. The lowest BCUT2D eigenvalue weighted by molar-refractivity contribution is -0.383. The fourth-order valence-electron chi connectivity index (χ4n) is 1.12. The minimum atomic E-state index is -0.614. The lowest BCUT2D eigenvalue weighted by Gasteiger charge is -2.06. The highest BCUT2D eigenvalue weighted by molar-refractivity contribution is 6.18. The fraction of sp³-hybridized carbons (Fsp3) is 0.222. The average Bonchev–Trinajstić information content (AvgIpc) is 2.28. The van der Waals surface area contributed by atoms with Crippen molar-refractivity contribution in [3.63, 3.8) is 0 Å². The number of hydrogen-bond acceptors (Lipinski definition) is 4. The van der Waals surface area contributed by atoms with Crippen LogP contribution in [0.1, 0.15) is 0 Å². The first-order valence-corrected chi connectivity index (χ1v) is 5.22. The lowest BCUT2D eigenvalue weighted by Crippen LogP contribution is -2.30. The molecule has 2 amide bonds. The highest BCUT2D eigenvalue weighted by Gasteiger charge is 2.12. The average molecular weight is 259 g/mol. The Bertz CT molecular complexity index is 438. The molecule has 0 aliphatic rings. The molecule has 0 aromatic heterocycles. The van der Waals surface area contributed by atoms with Crippen molar-refractivity contribution < 1.29 is 9.72 Å². The first-order chi connectivity index (χ1) is 8.04. The first kappa shape index (κ1) is 13.0. The van der Waals surface area contributed by atoms with E-state index in [1.165, 1.54) is 18.2 Å². The van der Waals surface area contributed by atoms with Crippen LogP contribution in [0.3, 0.4) is 0 Å². The van der Waals surface area contributed by atoms with Crippen LogP contribution in [0.15, 0.2) is 18.2 Å². The number of rotatable bonds is 4. The summed E-state index contributed by atoms with van der Waals surface area (Å²) in [5, 5.41) is 15.5. The monoisotopic (exact) mass is 258 g/mol. The molecular weight excluding hydrogens is 248 g/mol. The Labute approximate surface area is 102 Å². The third-order valence-electron chi connectivity index (χ3n) is 1.87. The van der Waals surface area contributed by atoms with Crippen LogP contribution in [-0.4, -0.2) is 23.4 Å². The second-order valence-electron chi connectivity index (χ2n) is 3.10. The van der Waals surface area contributed by atoms with Crippen LogP contribution in [0, 0.1) is 10.1 Å². The second kappa shape index (κ2) is 5.90. The Morgan fingerprint density at radius 2 is 2.24 bits per heavy atom. The predicted molar refractivity (Wildman–Crippen MR) is 65.3 cm³/mol. The quantitative estimate of drug-likeness (QED) is 0.329. The van der Waals surface area contributed by atoms with Crippen LogP contribution in [0.4, 0.5) is 21.9 Å². The molecule has 0 fully saturated rings. The predicted octanol–water partition coefficient (Wildman–Crippen LogP) is 1.54. The van der Waals surface area contributed by atoms with E-state index in [9.17, 15) is 14.9 Å². The normalized spacial score (nSPS) is 9.71. The fourth-order valence-corrected chi connectivity index (χ4v) is 1.21. The molecule has 0 spiro atoms. The second-order valence-corrected chi connectivity index (χ2v) is 3.48. The third-order valence-corrected chi connectivity index (χ3v) is 2.05. The van der Waals surface area contributed by atoms with Gasteiger partial charge in [0.2, 0.25) is 0 Å². The molecule has 7 nitrogen and oxygen atoms in total. The molecule has 0 bridgehead atoms. The van der Waals surface area contributed by atoms with Gasteiger partial charge in [0.25, 0.3) is 5.69 Å². The molecule has 8 heteroatoms. The maximum absolute atomic E-state index is 11.3. The van der Waals surface area contributed by atoms with Crippen molar-refractivity contribution in [2.75, 3.05) is 23.5 Å². The van der Waals surface area contributed by atoms with E-state index in [1.807, 2.05) is 0 Å². The van der Waals surface area contributed by atoms with Gasteiger partial charge >= 0.3 is 6.03 Å². The number of alkyl halides is 1. The topological polar surface area (TPSA) is 110 Å². The molecule has 0 saturated carbocycles. The van der Waals surface area contributed by atoms with Crippen LogP contribution in [0.5, 0.6) is 0 Å². The van der Waals surface area contributed by atoms with Gasteiger partial charge in [0.05, 0.1) is 4.92 Å². The van der Waals surface area contributed by atoms with Gasteiger partial charge in [0.1, 0.15) is 5.69 Å². The van der Waals surface area contributed by atoms with Crippen LogP contribution >= 0.6 is 11.6 Å². The van der Waals surface area contributed by atoms with E-state index in [0.29, 0.717) is 6.54 Å². The number of carbonyl (C=O) groups excluding carboxylic acids is 1. The summed E-state index contributed by atoms with van der Waals surface area (Å²) in [7, 11) is 0. The number of nitrogens with zero attached hydrogens (tertiary/aromatic N) is 1. The minimum Gasteiger partial charge on any atom is -0.393 e. The molecule has 0 aliphatic heterocycles. The molecule has 0 unspecified atom stereocenters. The maximum Gasteiger partial charge on any atom is 0.319 e. The highest BCUT2D eigenvalue weighted by Crippen LogP contribution is 2.24. The van der Waals surface area contributed by atoms with Crippen molar-refractivity contribution in [2.45, 2.75) is 0 Å². The van der Waals surface area contributed by atoms with Gasteiger partial charge in [-0.15, -0.1) is 11.6 Å². The van der Waals surface area contributed by atoms with Crippen molar-refractivity contribution in [1.29, 1.82) is 0 Å². The summed E-state index contributed by atoms with van der Waals surface area (Å²) < 4.78 is 0. The molecule has 0 aliphatic carbocycles. The summed E-state index contributed by atoms with van der Waals surface area (Å²) in [5.41, 5.74) is 5.50. The number of nitro groups is 1. The summed E-state index contributed by atoms with van der Waals surface area (Å²) in [6, 6.07) is 3.54. The van der Waals surface area contributed by atoms with Gasteiger partial charge in [0, 0.05) is 24.2 Å². The largest absolute Gasteiger partial charge is 0.393 e. The number of amides is 2. The van der Waals surface area contributed by atoms with Gasteiger partial charge in [-0.1, -0.05) is 0 Å². The Kier molecular flexibility index (Phi) is 4.53. The van der Waals surface area contributed by atoms with E-state index in [1.54, 1.807) is 0 Å². The van der Waals surface area contributed by atoms with E-state index in [0.717, 1.165) is 0 Å². The summed E-state index contributed by atoms with van der Waals surface area (Å²) >= 11 is 5.39. The molecule has 0 saturated heterocycles. The number of nitrogens with two attached hydrogens (primary N) is 1. The van der Waals surface area contributed by atoms with Gasteiger partial charge in [-0.25, -0.2) is 4.79 Å². The van der Waals surface area contributed by atoms with Crippen LogP contribution < -0.4 is 16.4 Å². The number of carbonyl (C=O) groups is 1. The summed E-state index contributed by atoms with van der Waals surface area (Å²) in [5.74, 6) is 0.287. The van der Waals surface area contributed by atoms with Gasteiger partial charge in [0.15, 0.2) is 0 Å². The summed E-state index contributed by atoms with van der Waals surface area (Å²) in [6.07, 6.45) is 0. The first-order valence-electron chi connectivity index (χ1n) is 4.69. The van der Waals surface area contributed by atoms with E-state index in [4.69, 9.17) is 17.3 Å². The number of nitro benzene ring substituents is 1. The molecule has 4 N–H and O–H groups in total. The highest BCUT2D eigenvalue weighted by atomic mass is 35.5.